The Bertz CT molecular complexity index is 957. The molecule has 3 atom stereocenters. The number of nitrogens with one attached hydrogen (secondary N) is 1. The average molecular weight is 399 g/mol. The molecule has 2 aliphatic rings. The summed E-state index contributed by atoms with van der Waals surface area (Å²) in [7, 11) is 0. The van der Waals surface area contributed by atoms with Crippen molar-refractivity contribution in [2.24, 2.45) is 11.8 Å². The highest BCUT2D eigenvalue weighted by atomic mass is 32.1. The van der Waals surface area contributed by atoms with E-state index in [1.54, 1.807) is 6.92 Å². The molecular weight excluding hydrogens is 378 g/mol. The maximum absolute atomic E-state index is 12.7. The topological polar surface area (TPSA) is 88.6 Å². The van der Waals surface area contributed by atoms with E-state index < -0.39 is 11.9 Å². The Kier molecular flexibility index (Phi) is 4.89. The van der Waals surface area contributed by atoms with Crippen LogP contribution in [0.5, 0.6) is 5.75 Å². The molecule has 4 rings (SSSR count). The molecule has 8 heteroatoms. The maximum atomic E-state index is 12.7. The molecule has 0 bridgehead atoms. The van der Waals surface area contributed by atoms with Gasteiger partial charge in [0.25, 0.3) is 0 Å². The van der Waals surface area contributed by atoms with E-state index in [2.05, 4.69) is 10.3 Å². The van der Waals surface area contributed by atoms with Crippen LogP contribution in [0.25, 0.3) is 10.2 Å². The number of hydrogen-bond acceptors (Lipinski definition) is 6. The summed E-state index contributed by atoms with van der Waals surface area (Å²) in [6.45, 7) is 4.06. The van der Waals surface area contributed by atoms with Gasteiger partial charge in [0.2, 0.25) is 17.7 Å². The lowest BCUT2D eigenvalue weighted by molar-refractivity contribution is -0.146. The largest absolute Gasteiger partial charge is 0.494 e. The summed E-state index contributed by atoms with van der Waals surface area (Å²) in [5.41, 5.74) is 0.752. The van der Waals surface area contributed by atoms with Crippen LogP contribution in [0.15, 0.2) is 30.4 Å². The molecule has 3 amide bonds. The first-order chi connectivity index (χ1) is 13.5. The fourth-order valence-electron chi connectivity index (χ4n) is 3.75. The number of nitrogens with zero attached hydrogens (tertiary/aromatic N) is 2. The summed E-state index contributed by atoms with van der Waals surface area (Å²) in [4.78, 5) is 43.5. The van der Waals surface area contributed by atoms with Crippen molar-refractivity contribution in [3.05, 3.63) is 30.4 Å². The van der Waals surface area contributed by atoms with Gasteiger partial charge in [-0.1, -0.05) is 23.5 Å². The van der Waals surface area contributed by atoms with Crippen molar-refractivity contribution in [3.63, 3.8) is 0 Å². The van der Waals surface area contributed by atoms with E-state index in [0.29, 0.717) is 24.6 Å². The SMILES string of the molecule is CCOc1ccc2nc(NC(=O)[C@H](C)N3C(=O)[C@@H]4CC=CC[C@H]4C3=O)sc2c1. The van der Waals surface area contributed by atoms with Crippen LogP contribution in [-0.4, -0.2) is 40.3 Å². The van der Waals surface area contributed by atoms with Gasteiger partial charge in [0.1, 0.15) is 11.8 Å². The quantitative estimate of drug-likeness (QED) is 0.617. The molecule has 0 unspecified atom stereocenters. The Hall–Kier alpha value is -2.74. The van der Waals surface area contributed by atoms with E-state index in [1.165, 1.54) is 11.3 Å². The summed E-state index contributed by atoms with van der Waals surface area (Å²) in [6, 6.07) is 4.66. The molecule has 1 N–H and O–H groups in total. The highest BCUT2D eigenvalue weighted by molar-refractivity contribution is 7.22. The highest BCUT2D eigenvalue weighted by Crippen LogP contribution is 2.36. The van der Waals surface area contributed by atoms with Gasteiger partial charge < -0.3 is 10.1 Å². The first kappa shape index (κ1) is 18.6. The number of carbonyl (C=O) groups is 3. The number of carbonyl (C=O) groups excluding carboxylic acids is 3. The van der Waals surface area contributed by atoms with Crippen LogP contribution < -0.4 is 10.1 Å². The molecule has 1 aromatic carbocycles. The maximum Gasteiger partial charge on any atom is 0.249 e. The first-order valence-corrected chi connectivity index (χ1v) is 10.2. The molecule has 2 aromatic rings. The van der Waals surface area contributed by atoms with Crippen molar-refractivity contribution >= 4 is 44.4 Å². The number of likely N-dealkylation sites (tertiary alicyclic amines) is 1. The normalized spacial score (nSPS) is 22.4. The lowest BCUT2D eigenvalue weighted by Gasteiger charge is -2.21. The molecule has 7 nitrogen and oxygen atoms in total. The summed E-state index contributed by atoms with van der Waals surface area (Å²) in [5.74, 6) is -0.869. The molecule has 28 heavy (non-hydrogen) atoms. The summed E-state index contributed by atoms with van der Waals surface area (Å²) >= 11 is 1.33. The second-order valence-electron chi connectivity index (χ2n) is 6.95. The Morgan fingerprint density at radius 2 is 1.96 bits per heavy atom. The van der Waals surface area contributed by atoms with Gasteiger partial charge in [-0.05, 0) is 44.9 Å². The average Bonchev–Trinajstić information content (AvgIpc) is 3.20. The number of aromatic nitrogens is 1. The minimum Gasteiger partial charge on any atom is -0.494 e. The number of thiazole rings is 1. The van der Waals surface area contributed by atoms with Gasteiger partial charge in [0, 0.05) is 0 Å². The number of allylic oxidation sites excluding steroid dienone is 2. The number of rotatable bonds is 5. The molecule has 146 valence electrons. The van der Waals surface area contributed by atoms with Crippen molar-refractivity contribution < 1.29 is 19.1 Å². The highest BCUT2D eigenvalue weighted by Gasteiger charge is 2.50. The number of imide groups is 1. The Labute approximate surface area is 166 Å². The van der Waals surface area contributed by atoms with Crippen LogP contribution in [0.4, 0.5) is 5.13 Å². The fraction of sp³-hybridized carbons (Fsp3) is 0.400. The third-order valence-electron chi connectivity index (χ3n) is 5.21. The van der Waals surface area contributed by atoms with Crippen LogP contribution in [-0.2, 0) is 14.4 Å². The van der Waals surface area contributed by atoms with E-state index in [4.69, 9.17) is 4.74 Å². The zero-order valence-corrected chi connectivity index (χ0v) is 16.5. The Morgan fingerprint density at radius 1 is 1.29 bits per heavy atom. The van der Waals surface area contributed by atoms with Crippen LogP contribution in [0, 0.1) is 11.8 Å². The minimum atomic E-state index is -0.878. The zero-order valence-electron chi connectivity index (χ0n) is 15.7. The third-order valence-corrected chi connectivity index (χ3v) is 6.14. The van der Waals surface area contributed by atoms with Crippen molar-refractivity contribution in [3.8, 4) is 5.75 Å². The molecule has 2 heterocycles. The predicted octanol–water partition coefficient (Wildman–Crippen LogP) is 2.97. The summed E-state index contributed by atoms with van der Waals surface area (Å²) in [6.07, 6.45) is 4.97. The predicted molar refractivity (Wildman–Crippen MR) is 106 cm³/mol. The smallest absolute Gasteiger partial charge is 0.249 e. The van der Waals surface area contributed by atoms with E-state index in [0.717, 1.165) is 20.9 Å². The van der Waals surface area contributed by atoms with Crippen molar-refractivity contribution in [1.29, 1.82) is 0 Å². The molecule has 1 aromatic heterocycles. The van der Waals surface area contributed by atoms with Gasteiger partial charge in [0.15, 0.2) is 5.13 Å². The van der Waals surface area contributed by atoms with E-state index in [-0.39, 0.29) is 23.7 Å². The zero-order chi connectivity index (χ0) is 19.8. The van der Waals surface area contributed by atoms with Crippen LogP contribution in [0.2, 0.25) is 0 Å². The lowest BCUT2D eigenvalue weighted by Crippen LogP contribution is -2.46. The third kappa shape index (κ3) is 3.17. The van der Waals surface area contributed by atoms with Crippen molar-refractivity contribution in [2.45, 2.75) is 32.7 Å². The second-order valence-corrected chi connectivity index (χ2v) is 7.98. The van der Waals surface area contributed by atoms with Gasteiger partial charge in [-0.15, -0.1) is 0 Å². The summed E-state index contributed by atoms with van der Waals surface area (Å²) in [5, 5.41) is 3.18. The van der Waals surface area contributed by atoms with Gasteiger partial charge in [-0.25, -0.2) is 4.98 Å². The number of fused-ring (bicyclic) bond motifs is 2. The Morgan fingerprint density at radius 3 is 2.61 bits per heavy atom. The minimum absolute atomic E-state index is 0.257. The van der Waals surface area contributed by atoms with E-state index >= 15 is 0 Å². The van der Waals surface area contributed by atoms with Gasteiger partial charge in [0.05, 0.1) is 28.7 Å². The molecule has 0 saturated carbocycles. The first-order valence-electron chi connectivity index (χ1n) is 9.35. The number of amides is 3. The molecule has 1 saturated heterocycles. The van der Waals surface area contributed by atoms with Crippen LogP contribution in [0.3, 0.4) is 0 Å². The van der Waals surface area contributed by atoms with Gasteiger partial charge >= 0.3 is 0 Å². The molecular formula is C20H21N3O4S. The number of benzene rings is 1. The van der Waals surface area contributed by atoms with Crippen molar-refractivity contribution in [2.75, 3.05) is 11.9 Å². The fourth-order valence-corrected chi connectivity index (χ4v) is 4.65. The van der Waals surface area contributed by atoms with E-state index in [9.17, 15) is 14.4 Å². The molecule has 1 fully saturated rings. The van der Waals surface area contributed by atoms with Crippen molar-refractivity contribution in [1.82, 2.24) is 9.88 Å². The monoisotopic (exact) mass is 399 g/mol. The standard InChI is InChI=1S/C20H21N3O4S/c1-3-27-12-8-9-15-16(10-12)28-20(21-15)22-17(24)11(2)23-18(25)13-6-4-5-7-14(13)19(23)26/h4-5,8-11,13-14H,3,6-7H2,1-2H3,(H,21,22,24)/t11-,13+,14+/m0/s1. The summed E-state index contributed by atoms with van der Waals surface area (Å²) < 4.78 is 6.37. The number of anilines is 1. The van der Waals surface area contributed by atoms with E-state index in [1.807, 2.05) is 37.3 Å². The van der Waals surface area contributed by atoms with Gasteiger partial charge in [-0.2, -0.15) is 0 Å². The molecule has 0 radical (unpaired) electrons. The lowest BCUT2D eigenvalue weighted by atomic mass is 9.85. The molecule has 1 aliphatic carbocycles. The van der Waals surface area contributed by atoms with Crippen LogP contribution in [0.1, 0.15) is 26.7 Å². The number of hydrogen-bond donors (Lipinski definition) is 1. The molecule has 0 spiro atoms. The number of ether oxygens (including phenoxy) is 1. The van der Waals surface area contributed by atoms with Gasteiger partial charge in [-0.3, -0.25) is 19.3 Å². The van der Waals surface area contributed by atoms with Crippen LogP contribution >= 0.6 is 11.3 Å². The second kappa shape index (κ2) is 7.35. The Balaban J connectivity index is 1.49. The molecule has 1 aliphatic heterocycles.